The maximum Gasteiger partial charge on any atom is 0.429 e. The number of benzene rings is 2. The quantitative estimate of drug-likeness (QED) is 0.193. The first-order valence-electron chi connectivity index (χ1n) is 13.9. The SMILES string of the molecule is C=CCCC1C=CC(C2CCC(C(F)(F)Oc3ccc(C(F)(F)Oc4cc(F)c(C(F)(F)F)c(F)c4)c(F)c3)CC2)CC1. The Balaban J connectivity index is 1.37. The minimum Gasteiger partial charge on any atom is -0.432 e. The third kappa shape index (κ3) is 7.86. The summed E-state index contributed by atoms with van der Waals surface area (Å²) < 4.78 is 148. The predicted molar refractivity (Wildman–Crippen MR) is 138 cm³/mol. The number of halogens is 10. The normalized spacial score (nSPS) is 23.2. The molecule has 0 aromatic heterocycles. The number of hydrogen-bond acceptors (Lipinski definition) is 2. The predicted octanol–water partition coefficient (Wildman–Crippen LogP) is 10.6. The van der Waals surface area contributed by atoms with Crippen molar-refractivity contribution in [2.24, 2.45) is 23.7 Å². The lowest BCUT2D eigenvalue weighted by Crippen LogP contribution is -2.38. The van der Waals surface area contributed by atoms with Gasteiger partial charge in [0.15, 0.2) is 0 Å². The molecule has 43 heavy (non-hydrogen) atoms. The highest BCUT2D eigenvalue weighted by atomic mass is 19.4. The maximum absolute atomic E-state index is 15.0. The summed E-state index contributed by atoms with van der Waals surface area (Å²) in [5, 5.41) is 0. The van der Waals surface area contributed by atoms with Gasteiger partial charge in [0.1, 0.15) is 40.1 Å². The van der Waals surface area contributed by atoms with E-state index in [0.29, 0.717) is 36.8 Å². The average Bonchev–Trinajstić information content (AvgIpc) is 2.90. The van der Waals surface area contributed by atoms with Crippen LogP contribution < -0.4 is 9.47 Å². The molecular formula is C31H30F10O2. The first-order chi connectivity index (χ1) is 20.1. The van der Waals surface area contributed by atoms with Crippen LogP contribution in [0.4, 0.5) is 43.9 Å². The smallest absolute Gasteiger partial charge is 0.429 e. The second-order valence-electron chi connectivity index (χ2n) is 11.0. The van der Waals surface area contributed by atoms with E-state index < -0.39 is 64.4 Å². The van der Waals surface area contributed by atoms with E-state index in [1.807, 2.05) is 6.08 Å². The molecule has 2 aliphatic rings. The van der Waals surface area contributed by atoms with E-state index in [0.717, 1.165) is 25.7 Å². The van der Waals surface area contributed by atoms with Gasteiger partial charge in [-0.1, -0.05) is 18.2 Å². The van der Waals surface area contributed by atoms with Crippen molar-refractivity contribution in [2.45, 2.75) is 69.8 Å². The van der Waals surface area contributed by atoms with Crippen molar-refractivity contribution in [3.8, 4) is 11.5 Å². The highest BCUT2D eigenvalue weighted by Crippen LogP contribution is 2.45. The molecule has 4 rings (SSSR count). The Labute approximate surface area is 242 Å². The molecule has 0 bridgehead atoms. The standard InChI is InChI=1S/C31H30F10O2/c1-2-3-4-18-5-7-19(8-6-18)20-9-11-21(12-10-20)30(38,39)42-22-13-14-24(25(32)15-22)31(40,41)43-23-16-26(33)28(27(34)17-23)29(35,36)37/h2,5,7,13-21H,1,3-4,6,8-12H2. The molecule has 236 valence electrons. The molecule has 2 nitrogen and oxygen atoms in total. The zero-order valence-electron chi connectivity index (χ0n) is 22.9. The molecule has 0 heterocycles. The molecule has 0 amide bonds. The van der Waals surface area contributed by atoms with Crippen LogP contribution in [0.25, 0.3) is 0 Å². The van der Waals surface area contributed by atoms with Crippen molar-refractivity contribution in [3.05, 3.63) is 83.7 Å². The minimum atomic E-state index is -5.44. The van der Waals surface area contributed by atoms with Gasteiger partial charge >= 0.3 is 18.4 Å². The number of rotatable bonds is 10. The monoisotopic (exact) mass is 624 g/mol. The van der Waals surface area contributed by atoms with Gasteiger partial charge in [-0.15, -0.1) is 6.58 Å². The van der Waals surface area contributed by atoms with E-state index in [2.05, 4.69) is 23.5 Å². The Kier molecular flexibility index (Phi) is 9.76. The van der Waals surface area contributed by atoms with Crippen LogP contribution in [0.1, 0.15) is 62.5 Å². The Bertz CT molecular complexity index is 1290. The molecule has 2 atom stereocenters. The second kappa shape index (κ2) is 12.8. The molecule has 1 fully saturated rings. The lowest BCUT2D eigenvalue weighted by atomic mass is 9.71. The van der Waals surface area contributed by atoms with E-state index in [1.54, 1.807) is 0 Å². The maximum atomic E-state index is 15.0. The average molecular weight is 625 g/mol. The fourth-order valence-electron chi connectivity index (χ4n) is 5.87. The van der Waals surface area contributed by atoms with E-state index in [4.69, 9.17) is 4.74 Å². The van der Waals surface area contributed by atoms with Gasteiger partial charge in [0.2, 0.25) is 0 Å². The van der Waals surface area contributed by atoms with Crippen molar-refractivity contribution >= 4 is 0 Å². The third-order valence-electron chi connectivity index (χ3n) is 8.15. The molecular weight excluding hydrogens is 594 g/mol. The summed E-state index contributed by atoms with van der Waals surface area (Å²) in [4.78, 5) is 0. The molecule has 0 N–H and O–H groups in total. The van der Waals surface area contributed by atoms with Gasteiger partial charge in [0.05, 0.1) is 5.92 Å². The molecule has 2 aliphatic carbocycles. The zero-order valence-corrected chi connectivity index (χ0v) is 22.9. The van der Waals surface area contributed by atoms with Gasteiger partial charge in [-0.2, -0.15) is 30.7 Å². The fourth-order valence-corrected chi connectivity index (χ4v) is 5.87. The Hall–Kier alpha value is -3.18. The largest absolute Gasteiger partial charge is 0.432 e. The van der Waals surface area contributed by atoms with E-state index in [9.17, 15) is 43.9 Å². The van der Waals surface area contributed by atoms with Crippen LogP contribution in [-0.4, -0.2) is 6.11 Å². The molecule has 1 saturated carbocycles. The van der Waals surface area contributed by atoms with E-state index in [-0.39, 0.29) is 37.0 Å². The minimum absolute atomic E-state index is 0.129. The van der Waals surface area contributed by atoms with Crippen LogP contribution in [0.15, 0.2) is 55.1 Å². The molecule has 0 spiro atoms. The van der Waals surface area contributed by atoms with Crippen molar-refractivity contribution in [2.75, 3.05) is 0 Å². The summed E-state index contributed by atoms with van der Waals surface area (Å²) in [5.74, 6) is -8.38. The van der Waals surface area contributed by atoms with Gasteiger partial charge in [-0.3, -0.25) is 0 Å². The molecule has 0 saturated heterocycles. The van der Waals surface area contributed by atoms with Crippen molar-refractivity contribution < 1.29 is 53.4 Å². The molecule has 0 aliphatic heterocycles. The highest BCUT2D eigenvalue weighted by molar-refractivity contribution is 5.35. The van der Waals surface area contributed by atoms with Crippen molar-refractivity contribution in [3.63, 3.8) is 0 Å². The first-order valence-corrected chi connectivity index (χ1v) is 13.9. The van der Waals surface area contributed by atoms with Crippen molar-refractivity contribution in [1.82, 2.24) is 0 Å². The zero-order chi connectivity index (χ0) is 31.6. The molecule has 2 aromatic rings. The summed E-state index contributed by atoms with van der Waals surface area (Å²) in [7, 11) is 0. The van der Waals surface area contributed by atoms with Gasteiger partial charge in [-0.05, 0) is 81.3 Å². The highest BCUT2D eigenvalue weighted by Gasteiger charge is 2.46. The lowest BCUT2D eigenvalue weighted by molar-refractivity contribution is -0.224. The summed E-state index contributed by atoms with van der Waals surface area (Å²) in [6.07, 6.45) is -2.09. The summed E-state index contributed by atoms with van der Waals surface area (Å²) >= 11 is 0. The number of ether oxygens (including phenoxy) is 2. The van der Waals surface area contributed by atoms with Gasteiger partial charge in [0, 0.05) is 18.2 Å². The van der Waals surface area contributed by atoms with Crippen LogP contribution in [0.3, 0.4) is 0 Å². The van der Waals surface area contributed by atoms with E-state index >= 15 is 0 Å². The molecule has 0 radical (unpaired) electrons. The van der Waals surface area contributed by atoms with Crippen LogP contribution in [0, 0.1) is 41.1 Å². The summed E-state index contributed by atoms with van der Waals surface area (Å²) in [5.41, 5.74) is -3.83. The van der Waals surface area contributed by atoms with Crippen LogP contribution in [0.2, 0.25) is 0 Å². The Morgan fingerprint density at radius 3 is 1.91 bits per heavy atom. The summed E-state index contributed by atoms with van der Waals surface area (Å²) in [6, 6.07) is 1.06. The number of alkyl halides is 7. The number of allylic oxidation sites excluding steroid dienone is 3. The third-order valence-corrected chi connectivity index (χ3v) is 8.15. The first kappa shape index (κ1) is 32.7. The second-order valence-corrected chi connectivity index (χ2v) is 11.0. The van der Waals surface area contributed by atoms with E-state index in [1.165, 1.54) is 0 Å². The van der Waals surface area contributed by atoms with Crippen molar-refractivity contribution in [1.29, 1.82) is 0 Å². The van der Waals surface area contributed by atoms with Crippen LogP contribution >= 0.6 is 0 Å². The Morgan fingerprint density at radius 2 is 1.37 bits per heavy atom. The van der Waals surface area contributed by atoms with Gasteiger partial charge < -0.3 is 9.47 Å². The molecule has 12 heteroatoms. The molecule has 2 aromatic carbocycles. The lowest BCUT2D eigenvalue weighted by Gasteiger charge is -2.37. The van der Waals surface area contributed by atoms with Gasteiger partial charge in [-0.25, -0.2) is 13.2 Å². The Morgan fingerprint density at radius 1 is 0.744 bits per heavy atom. The van der Waals surface area contributed by atoms with Crippen LogP contribution in [-0.2, 0) is 12.3 Å². The number of hydrogen-bond donors (Lipinski definition) is 0. The van der Waals surface area contributed by atoms with Crippen LogP contribution in [0.5, 0.6) is 11.5 Å². The molecule has 2 unspecified atom stereocenters. The topological polar surface area (TPSA) is 18.5 Å². The van der Waals surface area contributed by atoms with Gasteiger partial charge in [0.25, 0.3) is 0 Å². The summed E-state index contributed by atoms with van der Waals surface area (Å²) in [6.45, 7) is 3.73. The fraction of sp³-hybridized carbons (Fsp3) is 0.484.